The molecule has 0 aliphatic heterocycles. The first-order chi connectivity index (χ1) is 22.7. The number of carbonyl (C=O) groups is 5. The summed E-state index contributed by atoms with van der Waals surface area (Å²) in [6.07, 6.45) is 12.7. The summed E-state index contributed by atoms with van der Waals surface area (Å²) in [5.74, 6) is -0.788. The van der Waals surface area contributed by atoms with Crippen LogP contribution in [0.15, 0.2) is 49.4 Å². The molecule has 11 nitrogen and oxygen atoms in total. The number of ketones is 1. The minimum absolute atomic E-state index is 0.0108. The first-order valence-corrected chi connectivity index (χ1v) is 16.9. The van der Waals surface area contributed by atoms with Crippen LogP contribution in [0.2, 0.25) is 0 Å². The number of urea groups is 2. The van der Waals surface area contributed by atoms with Gasteiger partial charge in [-0.05, 0) is 32.0 Å². The second-order valence-electron chi connectivity index (χ2n) is 11.2. The highest BCUT2D eigenvalue weighted by Gasteiger charge is 2.27. The number of imide groups is 1. The lowest BCUT2D eigenvalue weighted by Gasteiger charge is -2.29. The number of nitrogens with zero attached hydrogens (tertiary/aromatic N) is 2. The summed E-state index contributed by atoms with van der Waals surface area (Å²) < 4.78 is 16.5. The highest BCUT2D eigenvalue weighted by atomic mass is 16.5. The Balaban J connectivity index is 2.90. The molecule has 0 aliphatic rings. The number of rotatable bonds is 25. The summed E-state index contributed by atoms with van der Waals surface area (Å²) >= 11 is 0. The van der Waals surface area contributed by atoms with Gasteiger partial charge >= 0.3 is 24.0 Å². The third-order valence-electron chi connectivity index (χ3n) is 7.38. The highest BCUT2D eigenvalue weighted by Crippen LogP contribution is 2.13. The summed E-state index contributed by atoms with van der Waals surface area (Å²) in [5.41, 5.74) is 0.295. The van der Waals surface area contributed by atoms with E-state index < -0.39 is 18.0 Å². The van der Waals surface area contributed by atoms with Gasteiger partial charge in [-0.25, -0.2) is 19.3 Å². The van der Waals surface area contributed by atoms with E-state index in [-0.39, 0.29) is 62.3 Å². The van der Waals surface area contributed by atoms with Crippen LogP contribution in [-0.2, 0) is 19.0 Å². The number of hydrogen-bond acceptors (Lipinski definition) is 8. The Morgan fingerprint density at radius 1 is 0.745 bits per heavy atom. The monoisotopic (exact) mass is 657 g/mol. The molecule has 262 valence electrons. The molecule has 0 bridgehead atoms. The second kappa shape index (κ2) is 25.0. The summed E-state index contributed by atoms with van der Waals surface area (Å²) in [4.78, 5) is 65.8. The molecule has 4 amide bonds. The molecular weight excluding hydrogens is 602 g/mol. The van der Waals surface area contributed by atoms with Gasteiger partial charge in [0.25, 0.3) is 0 Å². The van der Waals surface area contributed by atoms with Crippen molar-refractivity contribution < 1.29 is 38.2 Å². The first kappa shape index (κ1) is 40.9. The molecule has 0 saturated heterocycles. The van der Waals surface area contributed by atoms with Crippen LogP contribution < -0.4 is 5.32 Å². The van der Waals surface area contributed by atoms with Crippen molar-refractivity contribution in [3.05, 3.63) is 60.5 Å². The molecule has 0 spiro atoms. The molecule has 0 aromatic heterocycles. The van der Waals surface area contributed by atoms with Crippen LogP contribution in [0.25, 0.3) is 0 Å². The van der Waals surface area contributed by atoms with Gasteiger partial charge < -0.3 is 24.4 Å². The number of esters is 2. The maximum atomic E-state index is 13.7. The Hall–Kier alpha value is -4.15. The molecule has 1 rings (SSSR count). The van der Waals surface area contributed by atoms with Crippen molar-refractivity contribution in [2.75, 3.05) is 39.5 Å². The first-order valence-electron chi connectivity index (χ1n) is 16.9. The number of Topliss-reactive ketones (excluding diaryl/α,β-unsaturated/α-hetero) is 1. The van der Waals surface area contributed by atoms with Crippen LogP contribution in [0.3, 0.4) is 0 Å². The Morgan fingerprint density at radius 3 is 1.89 bits per heavy atom. The number of hydrogen-bond donors (Lipinski definition) is 1. The molecule has 0 fully saturated rings. The number of carbonyl (C=O) groups excluding carboxylic acids is 5. The zero-order valence-corrected chi connectivity index (χ0v) is 28.7. The molecule has 0 aliphatic carbocycles. The summed E-state index contributed by atoms with van der Waals surface area (Å²) in [5, 5.41) is 2.39. The van der Waals surface area contributed by atoms with Gasteiger partial charge in [-0.1, -0.05) is 96.6 Å². The summed E-state index contributed by atoms with van der Waals surface area (Å²) in [6.45, 7) is 12.7. The number of unbranched alkanes of at least 4 members (excludes halogenated alkanes) is 8. The van der Waals surface area contributed by atoms with Crippen molar-refractivity contribution >= 4 is 29.8 Å². The molecule has 47 heavy (non-hydrogen) atoms. The Morgan fingerprint density at radius 2 is 1.30 bits per heavy atom. The molecule has 11 heteroatoms. The van der Waals surface area contributed by atoms with Crippen LogP contribution in [0.4, 0.5) is 9.59 Å². The lowest BCUT2D eigenvalue weighted by atomic mass is 10.0. The molecule has 0 saturated carbocycles. The van der Waals surface area contributed by atoms with E-state index in [0.29, 0.717) is 18.6 Å². The van der Waals surface area contributed by atoms with E-state index in [4.69, 9.17) is 14.2 Å². The fourth-order valence-electron chi connectivity index (χ4n) is 4.71. The zero-order chi connectivity index (χ0) is 34.9. The quantitative estimate of drug-likeness (QED) is 0.0498. The van der Waals surface area contributed by atoms with E-state index in [0.717, 1.165) is 68.9 Å². The van der Waals surface area contributed by atoms with Gasteiger partial charge in [-0.2, -0.15) is 0 Å². The van der Waals surface area contributed by atoms with E-state index in [9.17, 15) is 24.0 Å². The average molecular weight is 658 g/mol. The Bertz CT molecular complexity index is 1120. The minimum Gasteiger partial charge on any atom is -0.497 e. The van der Waals surface area contributed by atoms with E-state index in [1.54, 1.807) is 12.1 Å². The fraction of sp³-hybridized carbons (Fsp3) is 0.583. The molecule has 0 unspecified atom stereocenters. The number of ether oxygens (including phenoxy) is 3. The number of benzene rings is 1. The summed E-state index contributed by atoms with van der Waals surface area (Å²) in [6, 6.07) is 4.76. The van der Waals surface area contributed by atoms with Crippen LogP contribution in [0.5, 0.6) is 0 Å². The zero-order valence-electron chi connectivity index (χ0n) is 28.7. The molecule has 1 aromatic rings. The standard InChI is InChI=1S/C36H55N3O8/c1-6-9-11-13-15-19-29(4)45-26-23-38(24-27-46-33(41)22-16-14-12-10-7-2)36(44)39(35(43)37-8-3)25-28-47-34(42)32-21-18-17-20-31(32)30(5)40/h8,17-18,20-21H,3-4,6-7,9-16,19,22-28H2,1-2,5H3,(H,37,43). The topological polar surface area (TPSA) is 132 Å². The molecule has 0 heterocycles. The smallest absolute Gasteiger partial charge is 0.338 e. The highest BCUT2D eigenvalue weighted by molar-refractivity contribution is 6.05. The van der Waals surface area contributed by atoms with Gasteiger partial charge in [-0.3, -0.25) is 9.59 Å². The minimum atomic E-state index is -0.781. The van der Waals surface area contributed by atoms with Crippen LogP contribution in [0.1, 0.15) is 119 Å². The normalized spacial score (nSPS) is 10.4. The molecule has 0 atom stereocenters. The fourth-order valence-corrected chi connectivity index (χ4v) is 4.71. The van der Waals surface area contributed by atoms with Gasteiger partial charge in [0.1, 0.15) is 19.8 Å². The van der Waals surface area contributed by atoms with Crippen molar-refractivity contribution in [2.45, 2.75) is 97.8 Å². The molecular formula is C36H55N3O8. The molecule has 1 N–H and O–H groups in total. The molecule has 0 radical (unpaired) electrons. The van der Waals surface area contributed by atoms with E-state index in [1.165, 1.54) is 30.4 Å². The van der Waals surface area contributed by atoms with Gasteiger partial charge in [-0.15, -0.1) is 0 Å². The largest absolute Gasteiger partial charge is 0.497 e. The summed E-state index contributed by atoms with van der Waals surface area (Å²) in [7, 11) is 0. The Labute approximate surface area is 280 Å². The van der Waals surface area contributed by atoms with Crippen molar-refractivity contribution in [3.8, 4) is 0 Å². The van der Waals surface area contributed by atoms with Gasteiger partial charge in [0.05, 0.1) is 31.0 Å². The lowest BCUT2D eigenvalue weighted by Crippen LogP contribution is -2.52. The van der Waals surface area contributed by atoms with Crippen molar-refractivity contribution in [2.24, 2.45) is 0 Å². The van der Waals surface area contributed by atoms with E-state index in [1.807, 2.05) is 0 Å². The lowest BCUT2D eigenvalue weighted by molar-refractivity contribution is -0.144. The molecule has 1 aromatic carbocycles. The number of nitrogens with one attached hydrogen (secondary N) is 1. The third kappa shape index (κ3) is 17.4. The van der Waals surface area contributed by atoms with Crippen LogP contribution in [-0.4, -0.2) is 79.0 Å². The van der Waals surface area contributed by atoms with Gasteiger partial charge in [0, 0.05) is 18.4 Å². The SMILES string of the molecule is C=CNC(=O)N(CCOC(=O)c1ccccc1C(C)=O)C(=O)N(CCOC(=C)CCCCCCC)CCOC(=O)CCCCCCC. The van der Waals surface area contributed by atoms with Crippen molar-refractivity contribution in [3.63, 3.8) is 0 Å². The van der Waals surface area contributed by atoms with Gasteiger partial charge in [0.2, 0.25) is 0 Å². The maximum Gasteiger partial charge on any atom is 0.338 e. The predicted octanol–water partition coefficient (Wildman–Crippen LogP) is 7.42. The van der Waals surface area contributed by atoms with Crippen LogP contribution in [0, 0.1) is 0 Å². The maximum absolute atomic E-state index is 13.7. The van der Waals surface area contributed by atoms with Gasteiger partial charge in [0.15, 0.2) is 5.78 Å². The van der Waals surface area contributed by atoms with Crippen LogP contribution >= 0.6 is 0 Å². The van der Waals surface area contributed by atoms with E-state index in [2.05, 4.69) is 32.3 Å². The second-order valence-corrected chi connectivity index (χ2v) is 11.2. The number of amides is 4. The Kier molecular flexibility index (Phi) is 21.7. The van der Waals surface area contributed by atoms with Crippen molar-refractivity contribution in [1.82, 2.24) is 15.1 Å². The van der Waals surface area contributed by atoms with E-state index >= 15 is 0 Å². The predicted molar refractivity (Wildman–Crippen MR) is 182 cm³/mol. The average Bonchev–Trinajstić information content (AvgIpc) is 3.05. The van der Waals surface area contributed by atoms with Crippen molar-refractivity contribution in [1.29, 1.82) is 0 Å². The third-order valence-corrected chi connectivity index (χ3v) is 7.38. The number of allylic oxidation sites excluding steroid dienone is 1.